The molecule has 3 heterocycles. The number of hydrogen-bond acceptors (Lipinski definition) is 7. The van der Waals surface area contributed by atoms with Gasteiger partial charge in [-0.2, -0.15) is 0 Å². The van der Waals surface area contributed by atoms with Gasteiger partial charge in [0.1, 0.15) is 5.75 Å². The number of nitrogens with zero attached hydrogens (tertiary/aromatic N) is 5. The number of carbonyl (C=O) groups is 1. The Hall–Kier alpha value is -2.71. The molecule has 32 heavy (non-hydrogen) atoms. The molecule has 0 aliphatic carbocycles. The summed E-state index contributed by atoms with van der Waals surface area (Å²) in [5.41, 5.74) is 2.12. The third-order valence-corrected chi connectivity index (χ3v) is 6.30. The molecule has 8 heteroatoms. The molecule has 0 N–H and O–H groups in total. The third-order valence-electron chi connectivity index (χ3n) is 6.30. The van der Waals surface area contributed by atoms with Gasteiger partial charge in [0.05, 0.1) is 13.7 Å². The molecule has 2 aromatic rings. The first-order valence-electron chi connectivity index (χ1n) is 11.5. The van der Waals surface area contributed by atoms with Crippen LogP contribution in [0.2, 0.25) is 0 Å². The normalized spacial score (nSPS) is 20.2. The van der Waals surface area contributed by atoms with E-state index in [0.29, 0.717) is 12.6 Å². The summed E-state index contributed by atoms with van der Waals surface area (Å²) in [5.74, 6) is 1.56. The number of carbonyl (C=O) groups excluding carboxylic acids is 1. The van der Waals surface area contributed by atoms with Crippen LogP contribution in [0.5, 0.6) is 5.75 Å². The molecule has 4 rings (SSSR count). The monoisotopic (exact) mass is 439 g/mol. The van der Waals surface area contributed by atoms with Crippen LogP contribution < -0.4 is 4.74 Å². The van der Waals surface area contributed by atoms with Gasteiger partial charge in [0.2, 0.25) is 0 Å². The van der Waals surface area contributed by atoms with E-state index in [9.17, 15) is 4.79 Å². The fraction of sp³-hybridized carbons (Fsp3) is 0.542. The Labute approximate surface area is 190 Å². The van der Waals surface area contributed by atoms with E-state index in [0.717, 1.165) is 68.5 Å². The van der Waals surface area contributed by atoms with E-state index >= 15 is 0 Å². The van der Waals surface area contributed by atoms with Gasteiger partial charge in [-0.15, -0.1) is 0 Å². The van der Waals surface area contributed by atoms with Crippen molar-refractivity contribution in [2.75, 3.05) is 53.0 Å². The highest BCUT2D eigenvalue weighted by molar-refractivity contribution is 5.67. The fourth-order valence-electron chi connectivity index (χ4n) is 4.54. The molecule has 1 unspecified atom stereocenters. The quantitative estimate of drug-likeness (QED) is 0.685. The molecule has 2 fully saturated rings. The maximum absolute atomic E-state index is 11.9. The van der Waals surface area contributed by atoms with Crippen molar-refractivity contribution >= 4 is 6.09 Å². The summed E-state index contributed by atoms with van der Waals surface area (Å²) >= 11 is 0. The molecule has 0 saturated carbocycles. The fourth-order valence-corrected chi connectivity index (χ4v) is 4.54. The lowest BCUT2D eigenvalue weighted by Gasteiger charge is -2.43. The van der Waals surface area contributed by atoms with Crippen LogP contribution in [-0.2, 0) is 11.3 Å². The maximum Gasteiger partial charge on any atom is 0.409 e. The topological polar surface area (TPSA) is 71.0 Å². The molecule has 2 aliphatic rings. The molecule has 8 nitrogen and oxygen atoms in total. The average molecular weight is 440 g/mol. The van der Waals surface area contributed by atoms with Crippen LogP contribution in [0.4, 0.5) is 4.79 Å². The number of likely N-dealkylation sites (tertiary alicyclic amines) is 1. The zero-order valence-corrected chi connectivity index (χ0v) is 19.1. The predicted molar refractivity (Wildman–Crippen MR) is 122 cm³/mol. The minimum atomic E-state index is -0.185. The van der Waals surface area contributed by atoms with Gasteiger partial charge >= 0.3 is 6.09 Å². The number of rotatable bonds is 6. The van der Waals surface area contributed by atoms with Crippen LogP contribution in [-0.4, -0.2) is 89.8 Å². The standard InChI is InChI=1S/C24H33N5O3/c1-3-32-24(30)29-13-11-28(12-14-29)21-5-4-10-27(18-21)17-19-15-25-23(26-16-19)20-6-8-22(31-2)9-7-20/h6-9,15-16,21H,3-5,10-14,17-18H2,1-2H3. The van der Waals surface area contributed by atoms with Crippen molar-refractivity contribution in [3.8, 4) is 17.1 Å². The first-order valence-corrected chi connectivity index (χ1v) is 11.5. The van der Waals surface area contributed by atoms with Crippen LogP contribution in [0.25, 0.3) is 11.4 Å². The number of amides is 1. The highest BCUT2D eigenvalue weighted by Gasteiger charge is 2.29. The molecular formula is C24H33N5O3. The van der Waals surface area contributed by atoms with Gasteiger partial charge in [0.15, 0.2) is 5.82 Å². The highest BCUT2D eigenvalue weighted by Crippen LogP contribution is 2.21. The van der Waals surface area contributed by atoms with Crippen LogP contribution >= 0.6 is 0 Å². The van der Waals surface area contributed by atoms with Gasteiger partial charge in [0.25, 0.3) is 0 Å². The first kappa shape index (κ1) is 22.5. The minimum Gasteiger partial charge on any atom is -0.497 e. The van der Waals surface area contributed by atoms with E-state index in [1.165, 1.54) is 12.8 Å². The second kappa shape index (κ2) is 10.7. The van der Waals surface area contributed by atoms with E-state index in [4.69, 9.17) is 9.47 Å². The van der Waals surface area contributed by atoms with Crippen molar-refractivity contribution in [2.24, 2.45) is 0 Å². The highest BCUT2D eigenvalue weighted by atomic mass is 16.6. The Morgan fingerprint density at radius 3 is 2.44 bits per heavy atom. The predicted octanol–water partition coefficient (Wildman–Crippen LogP) is 2.89. The van der Waals surface area contributed by atoms with Gasteiger partial charge in [-0.05, 0) is 50.6 Å². The summed E-state index contributed by atoms with van der Waals surface area (Å²) < 4.78 is 10.3. The van der Waals surface area contributed by atoms with Crippen LogP contribution in [0.1, 0.15) is 25.3 Å². The molecule has 0 spiro atoms. The Kier molecular flexibility index (Phi) is 7.55. The summed E-state index contributed by atoms with van der Waals surface area (Å²) in [5, 5.41) is 0. The van der Waals surface area contributed by atoms with E-state index in [-0.39, 0.29) is 6.09 Å². The van der Waals surface area contributed by atoms with Crippen molar-refractivity contribution in [3.63, 3.8) is 0 Å². The van der Waals surface area contributed by atoms with Crippen molar-refractivity contribution in [2.45, 2.75) is 32.4 Å². The molecule has 2 saturated heterocycles. The lowest BCUT2D eigenvalue weighted by Crippen LogP contribution is -2.55. The van der Waals surface area contributed by atoms with E-state index in [2.05, 4.69) is 19.8 Å². The number of aromatic nitrogens is 2. The zero-order valence-electron chi connectivity index (χ0n) is 19.1. The molecule has 0 radical (unpaired) electrons. The second-order valence-corrected chi connectivity index (χ2v) is 8.40. The summed E-state index contributed by atoms with van der Waals surface area (Å²) in [4.78, 5) is 28.0. The van der Waals surface area contributed by atoms with E-state index in [1.807, 2.05) is 48.5 Å². The number of benzene rings is 1. The SMILES string of the molecule is CCOC(=O)N1CCN(C2CCCN(Cc3cnc(-c4ccc(OC)cc4)nc3)C2)CC1. The summed E-state index contributed by atoms with van der Waals surface area (Å²) in [6.45, 7) is 8.60. The van der Waals surface area contributed by atoms with Crippen LogP contribution in [0, 0.1) is 0 Å². The van der Waals surface area contributed by atoms with Gasteiger partial charge in [-0.3, -0.25) is 9.80 Å². The Bertz CT molecular complexity index is 866. The van der Waals surface area contributed by atoms with Crippen molar-refractivity contribution in [1.82, 2.24) is 24.7 Å². The third kappa shape index (κ3) is 5.55. The molecule has 1 aromatic heterocycles. The molecule has 1 amide bonds. The Morgan fingerprint density at radius 1 is 1.06 bits per heavy atom. The van der Waals surface area contributed by atoms with Gasteiger partial charge in [-0.25, -0.2) is 14.8 Å². The molecule has 1 aromatic carbocycles. The lowest BCUT2D eigenvalue weighted by molar-refractivity contribution is 0.0412. The summed E-state index contributed by atoms with van der Waals surface area (Å²) in [7, 11) is 1.66. The Morgan fingerprint density at radius 2 is 1.78 bits per heavy atom. The maximum atomic E-state index is 11.9. The van der Waals surface area contributed by atoms with Crippen LogP contribution in [0.15, 0.2) is 36.7 Å². The van der Waals surface area contributed by atoms with Crippen LogP contribution in [0.3, 0.4) is 0 Å². The number of hydrogen-bond donors (Lipinski definition) is 0. The zero-order chi connectivity index (χ0) is 22.3. The number of methoxy groups -OCH3 is 1. The van der Waals surface area contributed by atoms with E-state index < -0.39 is 0 Å². The minimum absolute atomic E-state index is 0.185. The second-order valence-electron chi connectivity index (χ2n) is 8.40. The van der Waals surface area contributed by atoms with Crippen molar-refractivity contribution < 1.29 is 14.3 Å². The molecule has 0 bridgehead atoms. The number of ether oxygens (including phenoxy) is 2. The summed E-state index contributed by atoms with van der Waals surface area (Å²) in [6.07, 6.45) is 6.09. The Balaban J connectivity index is 1.29. The molecular weight excluding hydrogens is 406 g/mol. The van der Waals surface area contributed by atoms with Gasteiger partial charge < -0.3 is 14.4 Å². The smallest absolute Gasteiger partial charge is 0.409 e. The largest absolute Gasteiger partial charge is 0.497 e. The average Bonchev–Trinajstić information content (AvgIpc) is 2.85. The molecule has 172 valence electrons. The number of piperazine rings is 1. The number of piperidine rings is 1. The first-order chi connectivity index (χ1) is 15.7. The van der Waals surface area contributed by atoms with Crippen molar-refractivity contribution in [1.29, 1.82) is 0 Å². The van der Waals surface area contributed by atoms with E-state index in [1.54, 1.807) is 7.11 Å². The lowest BCUT2D eigenvalue weighted by atomic mass is 10.0. The van der Waals surface area contributed by atoms with Gasteiger partial charge in [-0.1, -0.05) is 0 Å². The molecule has 1 atom stereocenters. The molecule has 2 aliphatic heterocycles. The van der Waals surface area contributed by atoms with Gasteiger partial charge in [0, 0.05) is 68.8 Å². The summed E-state index contributed by atoms with van der Waals surface area (Å²) in [6, 6.07) is 8.34. The van der Waals surface area contributed by atoms with Crippen molar-refractivity contribution in [3.05, 3.63) is 42.2 Å².